The first-order valence-electron chi connectivity index (χ1n) is 7.96. The van der Waals surface area contributed by atoms with E-state index in [1.807, 2.05) is 60.7 Å². The van der Waals surface area contributed by atoms with Crippen LogP contribution in [0.25, 0.3) is 0 Å². The molecule has 0 aliphatic heterocycles. The molecule has 1 amide bonds. The molecular formula is C20H18N2O3S. The van der Waals surface area contributed by atoms with Crippen LogP contribution >= 0.6 is 0 Å². The van der Waals surface area contributed by atoms with Crippen molar-refractivity contribution >= 4 is 27.1 Å². The Hall–Kier alpha value is -3.12. The molecule has 0 spiro atoms. The van der Waals surface area contributed by atoms with Crippen molar-refractivity contribution in [3.05, 3.63) is 90.5 Å². The second-order valence-corrected chi connectivity index (χ2v) is 7.76. The van der Waals surface area contributed by atoms with Crippen molar-refractivity contribution in [2.75, 3.05) is 11.3 Å². The van der Waals surface area contributed by atoms with Gasteiger partial charge in [0.1, 0.15) is 0 Å². The van der Waals surface area contributed by atoms with Gasteiger partial charge in [0, 0.05) is 11.8 Å². The predicted octanol–water partition coefficient (Wildman–Crippen LogP) is 3.57. The normalized spacial score (nSPS) is 11.0. The third kappa shape index (κ3) is 4.10. The lowest BCUT2D eigenvalue weighted by Crippen LogP contribution is -2.38. The van der Waals surface area contributed by atoms with E-state index in [-0.39, 0.29) is 10.8 Å². The quantitative estimate of drug-likeness (QED) is 0.701. The minimum Gasteiger partial charge on any atom is -0.267 e. The molecule has 0 atom stereocenters. The fourth-order valence-corrected chi connectivity index (χ4v) is 3.08. The van der Waals surface area contributed by atoms with E-state index >= 15 is 0 Å². The van der Waals surface area contributed by atoms with E-state index < -0.39 is 9.84 Å². The number of amides is 1. The summed E-state index contributed by atoms with van der Waals surface area (Å²) in [6.07, 6.45) is 1.13. The van der Waals surface area contributed by atoms with Crippen LogP contribution in [0.15, 0.2) is 89.8 Å². The Kier molecular flexibility index (Phi) is 5.04. The van der Waals surface area contributed by atoms with E-state index in [1.165, 1.54) is 24.3 Å². The van der Waals surface area contributed by atoms with Gasteiger partial charge in [-0.05, 0) is 48.5 Å². The first-order chi connectivity index (χ1) is 12.4. The first-order valence-corrected chi connectivity index (χ1v) is 9.85. The molecule has 0 fully saturated rings. The number of carbonyl (C=O) groups excluding carboxylic acids is 1. The van der Waals surface area contributed by atoms with Gasteiger partial charge in [0.15, 0.2) is 9.84 Å². The van der Waals surface area contributed by atoms with Crippen molar-refractivity contribution in [3.63, 3.8) is 0 Å². The monoisotopic (exact) mass is 366 g/mol. The number of hydrazine groups is 1. The van der Waals surface area contributed by atoms with Crippen molar-refractivity contribution in [1.29, 1.82) is 0 Å². The Morgan fingerprint density at radius 2 is 1.23 bits per heavy atom. The maximum absolute atomic E-state index is 12.7. The van der Waals surface area contributed by atoms with Crippen LogP contribution in [0.2, 0.25) is 0 Å². The third-order valence-corrected chi connectivity index (χ3v) is 4.92. The summed E-state index contributed by atoms with van der Waals surface area (Å²) in [5.74, 6) is -0.335. The van der Waals surface area contributed by atoms with E-state index in [1.54, 1.807) is 5.01 Å². The van der Waals surface area contributed by atoms with Gasteiger partial charge in [-0.2, -0.15) is 0 Å². The Bertz CT molecular complexity index is 947. The summed E-state index contributed by atoms with van der Waals surface area (Å²) in [6.45, 7) is 0. The van der Waals surface area contributed by atoms with Gasteiger partial charge in [0.05, 0.1) is 16.3 Å². The molecule has 3 aromatic carbocycles. The zero-order valence-electron chi connectivity index (χ0n) is 14.2. The van der Waals surface area contributed by atoms with Gasteiger partial charge in [-0.15, -0.1) is 0 Å². The van der Waals surface area contributed by atoms with Crippen molar-refractivity contribution < 1.29 is 13.2 Å². The van der Waals surface area contributed by atoms with Crippen molar-refractivity contribution in [1.82, 2.24) is 5.43 Å². The highest BCUT2D eigenvalue weighted by atomic mass is 32.2. The van der Waals surface area contributed by atoms with E-state index in [9.17, 15) is 13.2 Å². The number of para-hydroxylation sites is 2. The summed E-state index contributed by atoms with van der Waals surface area (Å²) in [7, 11) is -3.30. The van der Waals surface area contributed by atoms with E-state index in [2.05, 4.69) is 5.43 Å². The molecule has 132 valence electrons. The maximum Gasteiger partial charge on any atom is 0.270 e. The lowest BCUT2D eigenvalue weighted by atomic mass is 10.2. The largest absolute Gasteiger partial charge is 0.270 e. The number of sulfone groups is 1. The van der Waals surface area contributed by atoms with Crippen LogP contribution in [-0.2, 0) is 9.84 Å². The predicted molar refractivity (Wildman–Crippen MR) is 102 cm³/mol. The molecule has 0 aliphatic rings. The van der Waals surface area contributed by atoms with Crippen molar-refractivity contribution in [2.45, 2.75) is 4.90 Å². The van der Waals surface area contributed by atoms with Crippen LogP contribution in [0, 0.1) is 0 Å². The number of benzene rings is 3. The second-order valence-electron chi connectivity index (χ2n) is 5.74. The molecule has 0 unspecified atom stereocenters. The smallest absolute Gasteiger partial charge is 0.267 e. The molecule has 5 nitrogen and oxygen atoms in total. The molecule has 1 N–H and O–H groups in total. The molecule has 0 aromatic heterocycles. The van der Waals surface area contributed by atoms with Gasteiger partial charge in [-0.3, -0.25) is 15.2 Å². The Morgan fingerprint density at radius 1 is 0.769 bits per heavy atom. The zero-order chi connectivity index (χ0) is 18.6. The highest BCUT2D eigenvalue weighted by Gasteiger charge is 2.15. The fourth-order valence-electron chi connectivity index (χ4n) is 2.45. The Balaban J connectivity index is 1.88. The highest BCUT2D eigenvalue weighted by Crippen LogP contribution is 2.23. The number of rotatable bonds is 5. The average molecular weight is 366 g/mol. The van der Waals surface area contributed by atoms with Gasteiger partial charge >= 0.3 is 0 Å². The molecule has 0 heterocycles. The Morgan fingerprint density at radius 3 is 1.65 bits per heavy atom. The van der Waals surface area contributed by atoms with Crippen molar-refractivity contribution in [3.8, 4) is 0 Å². The van der Waals surface area contributed by atoms with Crippen LogP contribution in [0.4, 0.5) is 11.4 Å². The third-order valence-electron chi connectivity index (χ3n) is 3.79. The fraction of sp³-hybridized carbons (Fsp3) is 0.0500. The minimum atomic E-state index is -3.30. The van der Waals surface area contributed by atoms with E-state index in [0.717, 1.165) is 17.6 Å². The summed E-state index contributed by atoms with van der Waals surface area (Å²) in [6, 6.07) is 24.8. The number of hydrogen-bond acceptors (Lipinski definition) is 4. The molecule has 6 heteroatoms. The molecule has 26 heavy (non-hydrogen) atoms. The molecule has 0 aliphatic carbocycles. The minimum absolute atomic E-state index is 0.178. The van der Waals surface area contributed by atoms with Gasteiger partial charge in [-0.25, -0.2) is 8.42 Å². The number of carbonyl (C=O) groups is 1. The molecule has 0 bridgehead atoms. The summed E-state index contributed by atoms with van der Waals surface area (Å²) in [4.78, 5) is 12.8. The van der Waals surface area contributed by atoms with Gasteiger partial charge in [-0.1, -0.05) is 36.4 Å². The lowest BCUT2D eigenvalue weighted by molar-refractivity contribution is 0.0953. The van der Waals surface area contributed by atoms with Gasteiger partial charge < -0.3 is 0 Å². The number of nitrogens with one attached hydrogen (secondary N) is 1. The van der Waals surface area contributed by atoms with Crippen LogP contribution in [0.5, 0.6) is 0 Å². The molecule has 3 aromatic rings. The van der Waals surface area contributed by atoms with Crippen LogP contribution in [0.1, 0.15) is 10.4 Å². The van der Waals surface area contributed by atoms with Gasteiger partial charge in [0.2, 0.25) is 0 Å². The second kappa shape index (κ2) is 7.41. The SMILES string of the molecule is CS(=O)(=O)c1ccc(C(=O)NN(c2ccccc2)c2ccccc2)cc1. The highest BCUT2D eigenvalue weighted by molar-refractivity contribution is 7.90. The molecular weight excluding hydrogens is 348 g/mol. The average Bonchev–Trinajstić information content (AvgIpc) is 2.67. The summed E-state index contributed by atoms with van der Waals surface area (Å²) >= 11 is 0. The summed E-state index contributed by atoms with van der Waals surface area (Å²) < 4.78 is 23.1. The van der Waals surface area contributed by atoms with Crippen molar-refractivity contribution in [2.24, 2.45) is 0 Å². The maximum atomic E-state index is 12.7. The Labute approximate surface area is 152 Å². The lowest BCUT2D eigenvalue weighted by Gasteiger charge is -2.25. The van der Waals surface area contributed by atoms with E-state index in [4.69, 9.17) is 0 Å². The van der Waals surface area contributed by atoms with Crippen LogP contribution < -0.4 is 10.4 Å². The topological polar surface area (TPSA) is 66.5 Å². The van der Waals surface area contributed by atoms with Crippen LogP contribution in [-0.4, -0.2) is 20.6 Å². The molecule has 3 rings (SSSR count). The van der Waals surface area contributed by atoms with Crippen LogP contribution in [0.3, 0.4) is 0 Å². The summed E-state index contributed by atoms with van der Waals surface area (Å²) in [5, 5.41) is 1.69. The number of nitrogens with zero attached hydrogens (tertiary/aromatic N) is 1. The first kappa shape index (κ1) is 17.7. The molecule has 0 radical (unpaired) electrons. The standard InChI is InChI=1S/C20H18N2O3S/c1-26(24,25)19-14-12-16(13-15-19)20(23)21-22(17-8-4-2-5-9-17)18-10-6-3-7-11-18/h2-15H,1H3,(H,21,23). The number of anilines is 2. The molecule has 0 saturated heterocycles. The van der Waals surface area contributed by atoms with Gasteiger partial charge in [0.25, 0.3) is 5.91 Å². The van der Waals surface area contributed by atoms with E-state index in [0.29, 0.717) is 5.56 Å². The molecule has 0 saturated carbocycles. The number of hydrogen-bond donors (Lipinski definition) is 1. The zero-order valence-corrected chi connectivity index (χ0v) is 15.0. The summed E-state index contributed by atoms with van der Waals surface area (Å²) in [5.41, 5.74) is 4.85.